The second-order valence-electron chi connectivity index (χ2n) is 4.40. The number of aryl methyl sites for hydroxylation is 2. The molecule has 98 valence electrons. The summed E-state index contributed by atoms with van der Waals surface area (Å²) in [6.45, 7) is 3.98. The van der Waals surface area contributed by atoms with Gasteiger partial charge in [0.15, 0.2) is 0 Å². The number of nitrogens with zero attached hydrogens (tertiary/aromatic N) is 1. The van der Waals surface area contributed by atoms with Crippen molar-refractivity contribution in [1.29, 1.82) is 0 Å². The third-order valence-electron chi connectivity index (χ3n) is 2.65. The first-order valence-electron chi connectivity index (χ1n) is 5.91. The zero-order valence-electron chi connectivity index (χ0n) is 10.9. The number of aromatic nitrogens is 1. The van der Waals surface area contributed by atoms with Crippen molar-refractivity contribution in [2.24, 2.45) is 5.84 Å². The minimum atomic E-state index is -0.191. The van der Waals surface area contributed by atoms with Crippen LogP contribution >= 0.6 is 0 Å². The number of nitrogens with one attached hydrogen (secondary N) is 2. The van der Waals surface area contributed by atoms with Crippen LogP contribution in [0.4, 0.5) is 11.5 Å². The van der Waals surface area contributed by atoms with Crippen molar-refractivity contribution in [3.05, 3.63) is 53.2 Å². The Morgan fingerprint density at radius 1 is 1.16 bits per heavy atom. The molecule has 1 aromatic carbocycles. The Hall–Kier alpha value is -2.40. The van der Waals surface area contributed by atoms with Gasteiger partial charge >= 0.3 is 0 Å². The van der Waals surface area contributed by atoms with Crippen LogP contribution in [-0.4, -0.2) is 10.9 Å². The van der Waals surface area contributed by atoms with Gasteiger partial charge in [-0.3, -0.25) is 4.79 Å². The van der Waals surface area contributed by atoms with Crippen molar-refractivity contribution in [3.8, 4) is 0 Å². The zero-order valence-corrected chi connectivity index (χ0v) is 10.9. The molecule has 1 heterocycles. The van der Waals surface area contributed by atoms with Gasteiger partial charge in [-0.2, -0.15) is 0 Å². The predicted octanol–water partition coefficient (Wildman–Crippen LogP) is 2.24. The van der Waals surface area contributed by atoms with Crippen LogP contribution in [0.2, 0.25) is 0 Å². The fourth-order valence-electron chi connectivity index (χ4n) is 1.90. The summed E-state index contributed by atoms with van der Waals surface area (Å²) >= 11 is 0. The minimum absolute atomic E-state index is 0.191. The van der Waals surface area contributed by atoms with Gasteiger partial charge in [0.1, 0.15) is 5.82 Å². The van der Waals surface area contributed by atoms with E-state index in [4.69, 9.17) is 5.84 Å². The number of benzene rings is 1. The molecule has 5 nitrogen and oxygen atoms in total. The highest BCUT2D eigenvalue weighted by Crippen LogP contribution is 2.15. The molecule has 0 saturated heterocycles. The van der Waals surface area contributed by atoms with E-state index in [1.54, 1.807) is 12.1 Å². The Labute approximate surface area is 111 Å². The standard InChI is InChI=1S/C14H16N4O/c1-9-5-10(2)7-12(6-9)17-14(19)11-3-4-16-13(8-11)18-15/h3-8H,15H2,1-2H3,(H,16,18)(H,17,19). The summed E-state index contributed by atoms with van der Waals surface area (Å²) in [6, 6.07) is 9.14. The molecule has 0 fully saturated rings. The van der Waals surface area contributed by atoms with Crippen molar-refractivity contribution < 1.29 is 4.79 Å². The average Bonchev–Trinajstić information content (AvgIpc) is 2.37. The van der Waals surface area contributed by atoms with E-state index in [1.807, 2.05) is 26.0 Å². The maximum absolute atomic E-state index is 12.1. The predicted molar refractivity (Wildman–Crippen MR) is 75.9 cm³/mol. The van der Waals surface area contributed by atoms with Gasteiger partial charge in [0.05, 0.1) is 0 Å². The Kier molecular flexibility index (Phi) is 3.77. The van der Waals surface area contributed by atoms with Crippen LogP contribution in [0, 0.1) is 13.8 Å². The number of nitrogens with two attached hydrogens (primary N) is 1. The molecule has 5 heteroatoms. The molecule has 0 saturated carbocycles. The lowest BCUT2D eigenvalue weighted by molar-refractivity contribution is 0.102. The summed E-state index contributed by atoms with van der Waals surface area (Å²) in [5.74, 6) is 5.53. The first kappa shape index (κ1) is 13.0. The van der Waals surface area contributed by atoms with Gasteiger partial charge in [0.2, 0.25) is 0 Å². The smallest absolute Gasteiger partial charge is 0.255 e. The Morgan fingerprint density at radius 2 is 1.84 bits per heavy atom. The van der Waals surface area contributed by atoms with E-state index in [0.29, 0.717) is 11.4 Å². The summed E-state index contributed by atoms with van der Waals surface area (Å²) in [6.07, 6.45) is 1.53. The number of pyridine rings is 1. The molecule has 2 rings (SSSR count). The van der Waals surface area contributed by atoms with Crippen molar-refractivity contribution in [2.45, 2.75) is 13.8 Å². The quantitative estimate of drug-likeness (QED) is 0.581. The largest absolute Gasteiger partial charge is 0.322 e. The molecule has 1 amide bonds. The molecular weight excluding hydrogens is 240 g/mol. The lowest BCUT2D eigenvalue weighted by Crippen LogP contribution is -2.14. The molecule has 0 spiro atoms. The lowest BCUT2D eigenvalue weighted by Gasteiger charge is -2.08. The van der Waals surface area contributed by atoms with Crippen LogP contribution in [-0.2, 0) is 0 Å². The molecule has 0 aliphatic heterocycles. The summed E-state index contributed by atoms with van der Waals surface area (Å²) in [4.78, 5) is 16.1. The van der Waals surface area contributed by atoms with Crippen LogP contribution in [0.1, 0.15) is 21.5 Å². The van der Waals surface area contributed by atoms with Crippen LogP contribution in [0.25, 0.3) is 0 Å². The van der Waals surface area contributed by atoms with Crippen LogP contribution < -0.4 is 16.6 Å². The van der Waals surface area contributed by atoms with E-state index in [1.165, 1.54) is 6.20 Å². The number of hydrogen-bond acceptors (Lipinski definition) is 4. The normalized spacial score (nSPS) is 10.1. The molecule has 0 radical (unpaired) electrons. The second-order valence-corrected chi connectivity index (χ2v) is 4.40. The molecule has 2 aromatic rings. The van der Waals surface area contributed by atoms with Gasteiger partial charge in [-0.05, 0) is 49.2 Å². The molecule has 0 atom stereocenters. The maximum Gasteiger partial charge on any atom is 0.255 e. The van der Waals surface area contributed by atoms with Crippen molar-refractivity contribution in [3.63, 3.8) is 0 Å². The molecule has 0 aliphatic carbocycles. The highest BCUT2D eigenvalue weighted by Gasteiger charge is 2.07. The lowest BCUT2D eigenvalue weighted by atomic mass is 10.1. The Morgan fingerprint density at radius 3 is 2.47 bits per heavy atom. The molecule has 1 aromatic heterocycles. The van der Waals surface area contributed by atoms with Gasteiger partial charge in [-0.25, -0.2) is 10.8 Å². The minimum Gasteiger partial charge on any atom is -0.322 e. The van der Waals surface area contributed by atoms with E-state index in [2.05, 4.69) is 21.8 Å². The summed E-state index contributed by atoms with van der Waals surface area (Å²) in [5, 5.41) is 2.86. The number of hydrazine groups is 1. The Balaban J connectivity index is 2.20. The monoisotopic (exact) mass is 256 g/mol. The number of amides is 1. The third kappa shape index (κ3) is 3.29. The van der Waals surface area contributed by atoms with Gasteiger partial charge in [0.25, 0.3) is 5.91 Å². The number of rotatable bonds is 3. The highest BCUT2D eigenvalue weighted by molar-refractivity contribution is 6.04. The van der Waals surface area contributed by atoms with Crippen LogP contribution in [0.5, 0.6) is 0 Å². The molecule has 4 N–H and O–H groups in total. The number of carbonyl (C=O) groups is 1. The molecule has 0 aliphatic rings. The SMILES string of the molecule is Cc1cc(C)cc(NC(=O)c2ccnc(NN)c2)c1. The number of anilines is 2. The third-order valence-corrected chi connectivity index (χ3v) is 2.65. The number of hydrogen-bond donors (Lipinski definition) is 3. The fourth-order valence-corrected chi connectivity index (χ4v) is 1.90. The molecule has 0 unspecified atom stereocenters. The van der Waals surface area contributed by atoms with E-state index in [-0.39, 0.29) is 5.91 Å². The average molecular weight is 256 g/mol. The number of carbonyl (C=O) groups excluding carboxylic acids is 1. The zero-order chi connectivity index (χ0) is 13.8. The summed E-state index contributed by atoms with van der Waals surface area (Å²) < 4.78 is 0. The summed E-state index contributed by atoms with van der Waals surface area (Å²) in [5.41, 5.74) is 5.91. The Bertz CT molecular complexity index is 590. The second kappa shape index (κ2) is 5.49. The van der Waals surface area contributed by atoms with Gasteiger partial charge in [0, 0.05) is 17.4 Å². The highest BCUT2D eigenvalue weighted by atomic mass is 16.1. The maximum atomic E-state index is 12.1. The molecular formula is C14H16N4O. The first-order chi connectivity index (χ1) is 9.08. The van der Waals surface area contributed by atoms with E-state index >= 15 is 0 Å². The summed E-state index contributed by atoms with van der Waals surface area (Å²) in [7, 11) is 0. The molecule has 19 heavy (non-hydrogen) atoms. The van der Waals surface area contributed by atoms with E-state index in [9.17, 15) is 4.79 Å². The van der Waals surface area contributed by atoms with Crippen LogP contribution in [0.3, 0.4) is 0 Å². The van der Waals surface area contributed by atoms with Crippen molar-refractivity contribution >= 4 is 17.4 Å². The fraction of sp³-hybridized carbons (Fsp3) is 0.143. The number of nitrogen functional groups attached to an aromatic ring is 1. The topological polar surface area (TPSA) is 80.0 Å². The first-order valence-corrected chi connectivity index (χ1v) is 5.91. The molecule has 0 bridgehead atoms. The van der Waals surface area contributed by atoms with Gasteiger partial charge in [-0.15, -0.1) is 0 Å². The van der Waals surface area contributed by atoms with Gasteiger partial charge in [-0.1, -0.05) is 6.07 Å². The van der Waals surface area contributed by atoms with E-state index in [0.717, 1.165) is 16.8 Å². The van der Waals surface area contributed by atoms with Crippen molar-refractivity contribution in [2.75, 3.05) is 10.7 Å². The van der Waals surface area contributed by atoms with Gasteiger partial charge < -0.3 is 10.7 Å². The van der Waals surface area contributed by atoms with Crippen LogP contribution in [0.15, 0.2) is 36.5 Å². The van der Waals surface area contributed by atoms with E-state index < -0.39 is 0 Å². The van der Waals surface area contributed by atoms with Crippen molar-refractivity contribution in [1.82, 2.24) is 4.98 Å².